The van der Waals surface area contributed by atoms with Crippen molar-refractivity contribution in [2.45, 2.75) is 45.8 Å². The van der Waals surface area contributed by atoms with Gasteiger partial charge in [0, 0.05) is 26.7 Å². The molecule has 2 N–H and O–H groups in total. The minimum atomic E-state index is -0.200. The lowest BCUT2D eigenvalue weighted by molar-refractivity contribution is 0.114. The van der Waals surface area contributed by atoms with Crippen LogP contribution in [0.5, 0.6) is 0 Å². The first-order valence-corrected chi connectivity index (χ1v) is 9.76. The molecule has 3 rings (SSSR count). The molecule has 0 amide bonds. The molecule has 0 bridgehead atoms. The SMILES string of the molecule is Cc1cc(F)ccc1CCNC(=NCc1nnc(C)n1C)NCC1CCCO1.I. The van der Waals surface area contributed by atoms with Crippen molar-refractivity contribution in [3.63, 3.8) is 0 Å². The molecule has 0 saturated carbocycles. The van der Waals surface area contributed by atoms with Gasteiger partial charge < -0.3 is 19.9 Å². The summed E-state index contributed by atoms with van der Waals surface area (Å²) >= 11 is 0. The van der Waals surface area contributed by atoms with Crippen molar-refractivity contribution in [2.24, 2.45) is 12.0 Å². The maximum absolute atomic E-state index is 13.3. The summed E-state index contributed by atoms with van der Waals surface area (Å²) in [4.78, 5) is 4.65. The van der Waals surface area contributed by atoms with Gasteiger partial charge in [0.2, 0.25) is 0 Å². The summed E-state index contributed by atoms with van der Waals surface area (Å²) in [5.74, 6) is 2.19. The van der Waals surface area contributed by atoms with E-state index in [4.69, 9.17) is 4.74 Å². The fraction of sp³-hybridized carbons (Fsp3) is 0.550. The van der Waals surface area contributed by atoms with Crippen molar-refractivity contribution in [3.8, 4) is 0 Å². The molecule has 7 nitrogen and oxygen atoms in total. The summed E-state index contributed by atoms with van der Waals surface area (Å²) in [6, 6.07) is 4.91. The van der Waals surface area contributed by atoms with E-state index in [2.05, 4.69) is 25.8 Å². The van der Waals surface area contributed by atoms with E-state index >= 15 is 0 Å². The predicted molar refractivity (Wildman–Crippen MR) is 122 cm³/mol. The number of hydrogen-bond acceptors (Lipinski definition) is 4. The molecule has 0 radical (unpaired) electrons. The molecule has 29 heavy (non-hydrogen) atoms. The molecule has 0 spiro atoms. The maximum Gasteiger partial charge on any atom is 0.191 e. The normalized spacial score (nSPS) is 16.6. The number of aromatic nitrogens is 3. The Morgan fingerprint density at radius 1 is 1.31 bits per heavy atom. The Hall–Kier alpha value is -1.75. The maximum atomic E-state index is 13.3. The average molecular weight is 516 g/mol. The van der Waals surface area contributed by atoms with Crippen LogP contribution in [0.3, 0.4) is 0 Å². The molecule has 1 saturated heterocycles. The van der Waals surface area contributed by atoms with Crippen molar-refractivity contribution in [1.29, 1.82) is 0 Å². The van der Waals surface area contributed by atoms with E-state index in [-0.39, 0.29) is 35.9 Å². The number of hydrogen-bond donors (Lipinski definition) is 2. The summed E-state index contributed by atoms with van der Waals surface area (Å²) in [5, 5.41) is 15.0. The van der Waals surface area contributed by atoms with Gasteiger partial charge in [-0.25, -0.2) is 9.38 Å². The van der Waals surface area contributed by atoms with E-state index in [0.717, 1.165) is 61.1 Å². The van der Waals surface area contributed by atoms with E-state index in [9.17, 15) is 4.39 Å². The summed E-state index contributed by atoms with van der Waals surface area (Å²) in [6.07, 6.45) is 3.19. The van der Waals surface area contributed by atoms with Crippen LogP contribution in [0.2, 0.25) is 0 Å². The minimum Gasteiger partial charge on any atom is -0.376 e. The first-order chi connectivity index (χ1) is 13.5. The van der Waals surface area contributed by atoms with Crippen LogP contribution in [0.1, 0.15) is 35.6 Å². The second-order valence-electron chi connectivity index (χ2n) is 7.15. The van der Waals surface area contributed by atoms with Crippen LogP contribution in [0.25, 0.3) is 0 Å². The third-order valence-electron chi connectivity index (χ3n) is 5.07. The Morgan fingerprint density at radius 2 is 2.14 bits per heavy atom. The molecule has 1 atom stereocenters. The summed E-state index contributed by atoms with van der Waals surface area (Å²) < 4.78 is 20.9. The number of aliphatic imine (C=N–C) groups is 1. The number of halogens is 2. The highest BCUT2D eigenvalue weighted by Crippen LogP contribution is 2.11. The Morgan fingerprint density at radius 3 is 2.79 bits per heavy atom. The van der Waals surface area contributed by atoms with Crippen LogP contribution in [-0.4, -0.2) is 46.5 Å². The number of ether oxygens (including phenoxy) is 1. The van der Waals surface area contributed by atoms with Gasteiger partial charge in [0.05, 0.1) is 6.10 Å². The number of guanidine groups is 1. The van der Waals surface area contributed by atoms with Gasteiger partial charge in [-0.2, -0.15) is 0 Å². The van der Waals surface area contributed by atoms with Crippen LogP contribution < -0.4 is 10.6 Å². The number of nitrogens with zero attached hydrogens (tertiary/aromatic N) is 4. The number of nitrogens with one attached hydrogen (secondary N) is 2. The summed E-state index contributed by atoms with van der Waals surface area (Å²) in [5.41, 5.74) is 2.08. The third kappa shape index (κ3) is 6.91. The summed E-state index contributed by atoms with van der Waals surface area (Å²) in [6.45, 7) is 6.53. The van der Waals surface area contributed by atoms with Crippen molar-refractivity contribution < 1.29 is 9.13 Å². The molecule has 1 unspecified atom stereocenters. The molecule has 1 aromatic heterocycles. The van der Waals surface area contributed by atoms with Crippen LogP contribution in [0.4, 0.5) is 4.39 Å². The quantitative estimate of drug-likeness (QED) is 0.336. The van der Waals surface area contributed by atoms with Crippen molar-refractivity contribution >= 4 is 29.9 Å². The van der Waals surface area contributed by atoms with Crippen molar-refractivity contribution in [3.05, 3.63) is 46.8 Å². The average Bonchev–Trinajstić information content (AvgIpc) is 3.30. The molecule has 1 aromatic carbocycles. The predicted octanol–water partition coefficient (Wildman–Crippen LogP) is 2.65. The van der Waals surface area contributed by atoms with Gasteiger partial charge in [-0.3, -0.25) is 0 Å². The third-order valence-corrected chi connectivity index (χ3v) is 5.07. The highest BCUT2D eigenvalue weighted by atomic mass is 127. The van der Waals surface area contributed by atoms with E-state index < -0.39 is 0 Å². The number of benzene rings is 1. The molecule has 2 aromatic rings. The number of rotatable bonds is 7. The smallest absolute Gasteiger partial charge is 0.191 e. The highest BCUT2D eigenvalue weighted by molar-refractivity contribution is 14.0. The molecule has 1 aliphatic rings. The first-order valence-electron chi connectivity index (χ1n) is 9.76. The second-order valence-corrected chi connectivity index (χ2v) is 7.15. The van der Waals surface area contributed by atoms with Crippen LogP contribution >= 0.6 is 24.0 Å². The minimum absolute atomic E-state index is 0. The lowest BCUT2D eigenvalue weighted by Gasteiger charge is -2.16. The van der Waals surface area contributed by atoms with Crippen LogP contribution in [0.15, 0.2) is 23.2 Å². The molecule has 1 fully saturated rings. The standard InChI is InChI=1S/C20H29FN6O.HI/c1-14-11-17(21)7-6-16(14)8-9-22-20(23-12-18-5-4-10-28-18)24-13-19-26-25-15(2)27(19)3;/h6-7,11,18H,4-5,8-10,12-13H2,1-3H3,(H2,22,23,24);1H. The second kappa shape index (κ2) is 11.4. The van der Waals surface area contributed by atoms with Crippen LogP contribution in [-0.2, 0) is 24.8 Å². The van der Waals surface area contributed by atoms with E-state index in [0.29, 0.717) is 13.1 Å². The molecular weight excluding hydrogens is 486 g/mol. The Labute approximate surface area is 188 Å². The molecule has 160 valence electrons. The van der Waals surface area contributed by atoms with Gasteiger partial charge in [0.1, 0.15) is 18.2 Å². The fourth-order valence-corrected chi connectivity index (χ4v) is 3.18. The van der Waals surface area contributed by atoms with E-state index in [1.54, 1.807) is 6.07 Å². The van der Waals surface area contributed by atoms with Gasteiger partial charge >= 0.3 is 0 Å². The van der Waals surface area contributed by atoms with Gasteiger partial charge in [-0.15, -0.1) is 34.2 Å². The Bertz CT molecular complexity index is 819. The van der Waals surface area contributed by atoms with E-state index in [1.165, 1.54) is 6.07 Å². The lowest BCUT2D eigenvalue weighted by atomic mass is 10.1. The summed E-state index contributed by atoms with van der Waals surface area (Å²) in [7, 11) is 1.93. The molecule has 0 aliphatic carbocycles. The molecule has 1 aliphatic heterocycles. The zero-order valence-corrected chi connectivity index (χ0v) is 19.6. The molecule has 2 heterocycles. The molecular formula is C20H30FIN6O. The van der Waals surface area contributed by atoms with E-state index in [1.807, 2.05) is 31.5 Å². The monoisotopic (exact) mass is 516 g/mol. The lowest BCUT2D eigenvalue weighted by Crippen LogP contribution is -2.42. The zero-order chi connectivity index (χ0) is 19.9. The van der Waals surface area contributed by atoms with Crippen molar-refractivity contribution in [2.75, 3.05) is 19.7 Å². The Kier molecular flexibility index (Phi) is 9.28. The largest absolute Gasteiger partial charge is 0.376 e. The zero-order valence-electron chi connectivity index (χ0n) is 17.2. The van der Waals surface area contributed by atoms with Gasteiger partial charge in [-0.05, 0) is 56.4 Å². The Balaban J connectivity index is 0.00000300. The van der Waals surface area contributed by atoms with Gasteiger partial charge in [-0.1, -0.05) is 6.07 Å². The van der Waals surface area contributed by atoms with Gasteiger partial charge in [0.25, 0.3) is 0 Å². The fourth-order valence-electron chi connectivity index (χ4n) is 3.18. The van der Waals surface area contributed by atoms with Gasteiger partial charge in [0.15, 0.2) is 11.8 Å². The topological polar surface area (TPSA) is 76.4 Å². The highest BCUT2D eigenvalue weighted by Gasteiger charge is 2.15. The first kappa shape index (κ1) is 23.5. The molecule has 9 heteroatoms. The van der Waals surface area contributed by atoms with Crippen LogP contribution in [0, 0.1) is 19.7 Å². The van der Waals surface area contributed by atoms with Crippen molar-refractivity contribution in [1.82, 2.24) is 25.4 Å². The number of aryl methyl sites for hydroxylation is 2.